The van der Waals surface area contributed by atoms with Gasteiger partial charge in [0.1, 0.15) is 0 Å². The van der Waals surface area contributed by atoms with E-state index < -0.39 is 12.0 Å². The zero-order chi connectivity index (χ0) is 19.7. The third kappa shape index (κ3) is 3.78. The lowest BCUT2D eigenvalue weighted by Gasteiger charge is -2.10. The average molecular weight is 425 g/mol. The number of nitrogens with one attached hydrogen (secondary N) is 1. The number of benzene rings is 1. The third-order valence-corrected chi connectivity index (χ3v) is 5.15. The van der Waals surface area contributed by atoms with Crippen molar-refractivity contribution in [3.63, 3.8) is 0 Å². The van der Waals surface area contributed by atoms with Crippen LogP contribution < -0.4 is 5.32 Å². The topological polar surface area (TPSA) is 68.5 Å². The highest BCUT2D eigenvalue weighted by atomic mass is 35.5. The van der Waals surface area contributed by atoms with Crippen LogP contribution in [0.1, 0.15) is 16.3 Å². The number of fused-ring (bicyclic) bond motifs is 1. The van der Waals surface area contributed by atoms with Gasteiger partial charge in [-0.3, -0.25) is 0 Å². The minimum absolute atomic E-state index is 0.0175. The quantitative estimate of drug-likeness (QED) is 0.506. The lowest BCUT2D eigenvalue weighted by Crippen LogP contribution is -2.14. The summed E-state index contributed by atoms with van der Waals surface area (Å²) in [6.45, 7) is 0.452. The number of anilines is 1. The Labute approximate surface area is 166 Å². The van der Waals surface area contributed by atoms with Gasteiger partial charge >= 0.3 is 6.18 Å². The van der Waals surface area contributed by atoms with Crippen molar-refractivity contribution in [3.8, 4) is 0 Å². The number of thiophene rings is 1. The van der Waals surface area contributed by atoms with Gasteiger partial charge in [0.15, 0.2) is 17.0 Å². The van der Waals surface area contributed by atoms with E-state index in [0.717, 1.165) is 4.88 Å². The van der Waals surface area contributed by atoms with Gasteiger partial charge < -0.3 is 5.32 Å². The van der Waals surface area contributed by atoms with Crippen molar-refractivity contribution >= 4 is 39.9 Å². The Balaban J connectivity index is 1.76. The molecule has 28 heavy (non-hydrogen) atoms. The molecule has 3 heterocycles. The predicted octanol–water partition coefficient (Wildman–Crippen LogP) is 4.62. The monoisotopic (exact) mass is 424 g/mol. The third-order valence-electron chi connectivity index (χ3n) is 3.90. The molecule has 1 N–H and O–H groups in total. The summed E-state index contributed by atoms with van der Waals surface area (Å²) in [7, 11) is 0. The van der Waals surface area contributed by atoms with Crippen LogP contribution in [0.15, 0.2) is 41.8 Å². The van der Waals surface area contributed by atoms with Crippen LogP contribution in [-0.2, 0) is 19.3 Å². The molecule has 0 spiro atoms. The molecule has 0 amide bonds. The molecular weight excluding hydrogens is 413 g/mol. The Hall–Kier alpha value is -2.72. The summed E-state index contributed by atoms with van der Waals surface area (Å²) in [5.74, 6) is -1.27. The molecule has 4 rings (SSSR count). The van der Waals surface area contributed by atoms with Crippen LogP contribution in [0, 0.1) is 0 Å². The number of rotatable bonds is 5. The summed E-state index contributed by atoms with van der Waals surface area (Å²) in [6, 6.07) is 10.7. The minimum atomic E-state index is -4.70. The van der Waals surface area contributed by atoms with Crippen molar-refractivity contribution in [2.45, 2.75) is 19.3 Å². The molecule has 0 saturated heterocycles. The molecule has 0 aliphatic carbocycles. The van der Waals surface area contributed by atoms with E-state index in [1.54, 1.807) is 24.3 Å². The molecule has 0 radical (unpaired) electrons. The van der Waals surface area contributed by atoms with Crippen molar-refractivity contribution in [2.75, 3.05) is 5.32 Å². The highest BCUT2D eigenvalue weighted by molar-refractivity contribution is 7.09. The fourth-order valence-corrected chi connectivity index (χ4v) is 3.42. The highest BCUT2D eigenvalue weighted by Crippen LogP contribution is 2.30. The van der Waals surface area contributed by atoms with Gasteiger partial charge in [-0.15, -0.1) is 16.4 Å². The molecule has 144 valence electrons. The van der Waals surface area contributed by atoms with Crippen LogP contribution in [0.2, 0.25) is 5.02 Å². The Bertz CT molecular complexity index is 1110. The second-order valence-electron chi connectivity index (χ2n) is 5.84. The van der Waals surface area contributed by atoms with Crippen LogP contribution in [0.5, 0.6) is 0 Å². The van der Waals surface area contributed by atoms with Gasteiger partial charge in [-0.05, 0) is 23.1 Å². The number of hydrogen-bond donors (Lipinski definition) is 1. The van der Waals surface area contributed by atoms with Crippen molar-refractivity contribution in [1.29, 1.82) is 0 Å². The zero-order valence-corrected chi connectivity index (χ0v) is 15.7. The molecule has 1 aromatic carbocycles. The van der Waals surface area contributed by atoms with E-state index >= 15 is 0 Å². The smallest absolute Gasteiger partial charge is 0.363 e. The first-order chi connectivity index (χ1) is 13.4. The first-order valence-corrected chi connectivity index (χ1v) is 9.35. The molecule has 11 heteroatoms. The molecular formula is C17H12ClF3N6S. The first kappa shape index (κ1) is 18.6. The standard InChI is InChI=1S/C17H12ClF3N6S/c18-12-6-2-1-4-10(12)9-27-15-13(25-26-27)14(22-8-11-5-3-7-28-11)23-16(24-15)17(19,20)21/h1-7H,8-9H2,(H,22,23,24). The second kappa shape index (κ2) is 7.36. The van der Waals surface area contributed by atoms with E-state index in [-0.39, 0.29) is 23.5 Å². The molecule has 6 nitrogen and oxygen atoms in total. The molecule has 0 aliphatic rings. The van der Waals surface area contributed by atoms with Crippen molar-refractivity contribution in [2.24, 2.45) is 0 Å². The second-order valence-corrected chi connectivity index (χ2v) is 7.28. The van der Waals surface area contributed by atoms with Crippen LogP contribution >= 0.6 is 22.9 Å². The van der Waals surface area contributed by atoms with Crippen LogP contribution in [0.25, 0.3) is 11.2 Å². The summed E-state index contributed by atoms with van der Waals surface area (Å²) in [5, 5.41) is 13.2. The van der Waals surface area contributed by atoms with Gasteiger partial charge in [0.05, 0.1) is 13.1 Å². The summed E-state index contributed by atoms with van der Waals surface area (Å²) in [4.78, 5) is 8.23. The van der Waals surface area contributed by atoms with Gasteiger partial charge in [-0.2, -0.15) is 13.2 Å². The number of hydrogen-bond acceptors (Lipinski definition) is 6. The Morgan fingerprint density at radius 1 is 1.11 bits per heavy atom. The number of nitrogens with zero attached hydrogens (tertiary/aromatic N) is 5. The number of aromatic nitrogens is 5. The van der Waals surface area contributed by atoms with Crippen molar-refractivity contribution in [3.05, 3.63) is 63.1 Å². The Morgan fingerprint density at radius 2 is 1.93 bits per heavy atom. The number of halogens is 4. The Kier molecular flexibility index (Phi) is 4.90. The fourth-order valence-electron chi connectivity index (χ4n) is 2.58. The summed E-state index contributed by atoms with van der Waals surface area (Å²) in [6.07, 6.45) is -4.70. The maximum Gasteiger partial charge on any atom is 0.451 e. The predicted molar refractivity (Wildman–Crippen MR) is 100 cm³/mol. The van der Waals surface area contributed by atoms with Crippen molar-refractivity contribution in [1.82, 2.24) is 25.0 Å². The lowest BCUT2D eigenvalue weighted by molar-refractivity contribution is -0.144. The lowest BCUT2D eigenvalue weighted by atomic mass is 10.2. The molecule has 0 aliphatic heterocycles. The first-order valence-electron chi connectivity index (χ1n) is 8.10. The molecule has 0 atom stereocenters. The van der Waals surface area contributed by atoms with Gasteiger partial charge in [0.25, 0.3) is 0 Å². The van der Waals surface area contributed by atoms with Crippen LogP contribution in [0.3, 0.4) is 0 Å². The summed E-state index contributed by atoms with van der Waals surface area (Å²) >= 11 is 7.63. The van der Waals surface area contributed by atoms with Gasteiger partial charge in [0, 0.05) is 9.90 Å². The largest absolute Gasteiger partial charge is 0.451 e. The SMILES string of the molecule is FC(F)(F)c1nc(NCc2cccs2)c2nnn(Cc3ccccc3Cl)c2n1. The van der Waals surface area contributed by atoms with E-state index in [4.69, 9.17) is 11.6 Å². The maximum absolute atomic E-state index is 13.3. The molecule has 0 unspecified atom stereocenters. The van der Waals surface area contributed by atoms with Gasteiger partial charge in [0.2, 0.25) is 5.82 Å². The average Bonchev–Trinajstić information content (AvgIpc) is 3.31. The summed E-state index contributed by atoms with van der Waals surface area (Å²) in [5.41, 5.74) is 0.837. The van der Waals surface area contributed by atoms with Crippen LogP contribution in [-0.4, -0.2) is 25.0 Å². The van der Waals surface area contributed by atoms with Crippen molar-refractivity contribution < 1.29 is 13.2 Å². The summed E-state index contributed by atoms with van der Waals surface area (Å²) < 4.78 is 41.2. The normalized spacial score (nSPS) is 11.9. The number of alkyl halides is 3. The van der Waals surface area contributed by atoms with E-state index in [0.29, 0.717) is 17.1 Å². The minimum Gasteiger partial charge on any atom is -0.363 e. The van der Waals surface area contributed by atoms with Crippen LogP contribution in [0.4, 0.5) is 19.0 Å². The van der Waals surface area contributed by atoms with Gasteiger partial charge in [-0.1, -0.05) is 41.1 Å². The van der Waals surface area contributed by atoms with Gasteiger partial charge in [-0.25, -0.2) is 14.6 Å². The maximum atomic E-state index is 13.3. The fraction of sp³-hybridized carbons (Fsp3) is 0.176. The molecule has 0 bridgehead atoms. The Morgan fingerprint density at radius 3 is 2.64 bits per heavy atom. The zero-order valence-electron chi connectivity index (χ0n) is 14.1. The van der Waals surface area contributed by atoms with E-state index in [1.807, 2.05) is 17.5 Å². The molecule has 0 saturated carbocycles. The van der Waals surface area contributed by atoms with E-state index in [9.17, 15) is 13.2 Å². The van der Waals surface area contributed by atoms with E-state index in [2.05, 4.69) is 25.6 Å². The van der Waals surface area contributed by atoms with E-state index in [1.165, 1.54) is 16.0 Å². The molecule has 3 aromatic heterocycles. The molecule has 0 fully saturated rings. The molecule has 4 aromatic rings. The highest BCUT2D eigenvalue weighted by Gasteiger charge is 2.36.